The molecule has 10 N–H and O–H groups in total. The van der Waals surface area contributed by atoms with Crippen molar-refractivity contribution in [3.63, 3.8) is 0 Å². The Kier molecular flexibility index (Phi) is 22.7. The fraction of sp³-hybridized carbons (Fsp3) is 0.538. The second kappa shape index (κ2) is 27.9. The molecule has 0 bridgehead atoms. The number of terminal acetylenes is 2. The molecule has 2 aliphatic carbocycles. The second-order valence-corrected chi connectivity index (χ2v) is 19.0. The van der Waals surface area contributed by atoms with Crippen molar-refractivity contribution in [3.8, 4) is 24.7 Å². The van der Waals surface area contributed by atoms with Gasteiger partial charge in [0.2, 0.25) is 35.4 Å². The summed E-state index contributed by atoms with van der Waals surface area (Å²) >= 11 is 0. The maximum Gasteiger partial charge on any atom is 0.252 e. The van der Waals surface area contributed by atoms with Crippen LogP contribution in [-0.2, 0) is 51.2 Å². The van der Waals surface area contributed by atoms with Gasteiger partial charge in [0, 0.05) is 38.0 Å². The number of nitrogens with one attached hydrogen (secondary N) is 8. The summed E-state index contributed by atoms with van der Waals surface area (Å²) < 4.78 is 0. The minimum Gasteiger partial charge on any atom is -0.380 e. The van der Waals surface area contributed by atoms with E-state index in [1.54, 1.807) is 27.9 Å². The highest BCUT2D eigenvalue weighted by atomic mass is 35.5. The first-order valence-corrected chi connectivity index (χ1v) is 24.7. The summed E-state index contributed by atoms with van der Waals surface area (Å²) in [5, 5.41) is 44.5. The molecule has 22 heteroatoms. The van der Waals surface area contributed by atoms with Crippen molar-refractivity contribution in [2.45, 2.75) is 151 Å². The number of hydrogen-bond donors (Lipinski definition) is 10. The van der Waals surface area contributed by atoms with E-state index >= 15 is 0 Å². The highest BCUT2D eigenvalue weighted by Crippen LogP contribution is 2.32. The molecule has 0 radical (unpaired) electrons. The van der Waals surface area contributed by atoms with Gasteiger partial charge in [0.25, 0.3) is 11.8 Å². The molecule has 0 saturated carbocycles. The Morgan fingerprint density at radius 2 is 0.959 bits per heavy atom. The molecule has 2 aromatic carbocycles. The third kappa shape index (κ3) is 14.5. The molecule has 0 aromatic heterocycles. The van der Waals surface area contributed by atoms with Gasteiger partial charge in [-0.1, -0.05) is 48.5 Å². The monoisotopic (exact) mass is 1060 g/mol. The molecule has 12 atom stereocenters. The average molecular weight is 1070 g/mol. The van der Waals surface area contributed by atoms with Gasteiger partial charge in [-0.2, -0.15) is 0 Å². The van der Waals surface area contributed by atoms with Crippen LogP contribution in [0.25, 0.3) is 0 Å². The van der Waals surface area contributed by atoms with Crippen LogP contribution in [0.4, 0.5) is 0 Å². The zero-order chi connectivity index (χ0) is 52.2. The van der Waals surface area contributed by atoms with Gasteiger partial charge in [-0.05, 0) is 102 Å². The lowest BCUT2D eigenvalue weighted by Crippen LogP contribution is -2.56. The molecule has 8 amide bonds. The molecule has 20 nitrogen and oxygen atoms in total. The van der Waals surface area contributed by atoms with E-state index in [2.05, 4.69) is 54.4 Å². The van der Waals surface area contributed by atoms with E-state index in [0.717, 1.165) is 47.9 Å². The fourth-order valence-corrected chi connectivity index (χ4v) is 9.96. The van der Waals surface area contributed by atoms with Crippen molar-refractivity contribution >= 4 is 72.1 Å². The summed E-state index contributed by atoms with van der Waals surface area (Å²) in [5.74, 6) is -0.976. The van der Waals surface area contributed by atoms with Crippen molar-refractivity contribution < 1.29 is 48.6 Å². The minimum atomic E-state index is -2.36. The Morgan fingerprint density at radius 3 is 1.31 bits per heavy atom. The Labute approximate surface area is 444 Å². The summed E-state index contributed by atoms with van der Waals surface area (Å²) in [4.78, 5) is 112. The van der Waals surface area contributed by atoms with Crippen LogP contribution in [0.3, 0.4) is 0 Å². The van der Waals surface area contributed by atoms with E-state index in [1.807, 2.05) is 48.5 Å². The predicted molar refractivity (Wildman–Crippen MR) is 279 cm³/mol. The van der Waals surface area contributed by atoms with Gasteiger partial charge < -0.3 is 62.5 Å². The van der Waals surface area contributed by atoms with E-state index in [9.17, 15) is 48.6 Å². The molecular formula is C52H70Cl2N10O10. The smallest absolute Gasteiger partial charge is 0.252 e. The number of aliphatic hydroxyl groups is 2. The zero-order valence-electron chi connectivity index (χ0n) is 42.1. The van der Waals surface area contributed by atoms with Crippen molar-refractivity contribution in [3.05, 3.63) is 70.8 Å². The number of likely N-dealkylation sites (tertiary alicyclic amines) is 2. The van der Waals surface area contributed by atoms with E-state index in [-0.39, 0.29) is 75.7 Å². The number of aryl methyl sites for hydroxylation is 2. The molecule has 2 aliphatic heterocycles. The normalized spacial score (nSPS) is 23.0. The van der Waals surface area contributed by atoms with Crippen molar-refractivity contribution in [1.82, 2.24) is 52.3 Å². The van der Waals surface area contributed by atoms with Crippen molar-refractivity contribution in [2.75, 3.05) is 27.2 Å². The highest BCUT2D eigenvalue weighted by Gasteiger charge is 2.46. The number of carbonyl (C=O) groups excluding carboxylic acids is 8. The van der Waals surface area contributed by atoms with Crippen LogP contribution < -0.4 is 42.5 Å². The number of fused-ring (bicyclic) bond motifs is 2. The summed E-state index contributed by atoms with van der Waals surface area (Å²) in [5.41, 5.74) is 4.07. The van der Waals surface area contributed by atoms with E-state index in [1.165, 1.54) is 9.80 Å². The van der Waals surface area contributed by atoms with Crippen LogP contribution in [-0.4, -0.2) is 155 Å². The average Bonchev–Trinajstić information content (AvgIpc) is 4.01. The molecular weight excluding hydrogens is 996 g/mol. The number of hydrogen-bond acceptors (Lipinski definition) is 12. The maximum atomic E-state index is 14.2. The van der Waals surface area contributed by atoms with Gasteiger partial charge in [-0.15, -0.1) is 49.5 Å². The molecule has 6 rings (SSSR count). The molecule has 0 spiro atoms. The Balaban J connectivity index is 0.00000593. The quantitative estimate of drug-likeness (QED) is 0.0787. The maximum absolute atomic E-state index is 14.2. The standard InChI is InChI=1S/C52H68N10O10.2ClH/c1-7-15-39(59-45(65)29(3)53-5)51(71)61-27-33(25-41(61)47(67)57-37-23-13-19-31-17-9-11-21-35(31)37)55-49(69)43(63)44(64)50(70)56-34-26-42(48(68)58-38-24-14-20-32-18-10-12-22-36(32)38)62(28-34)52(72)40(16-8-2)60-46(66)30(4)54-6;;/h1-2,9-12,17-18,21-22,29-30,33-34,37-44,53-54,63-64H,13-16,19-20,23-28H2,3-6H3,(H,55,69)(H,56,70)(H,57,67)(H,58,68)(H,59,65)(H,60,66);2*1H/t29-,30-,33-,34-,37+,38+,39-,40-,41-,42-,43+,44+;;/m0../s1. The topological polar surface area (TPSA) is 280 Å². The van der Waals surface area contributed by atoms with Gasteiger partial charge >= 0.3 is 0 Å². The molecule has 2 aromatic rings. The number of halogens is 2. The number of likely N-dealkylation sites (N-methyl/N-ethyl adjacent to an activating group) is 2. The summed E-state index contributed by atoms with van der Waals surface area (Å²) in [6.45, 7) is 2.68. The van der Waals surface area contributed by atoms with Gasteiger partial charge in [0.05, 0.1) is 24.2 Å². The summed E-state index contributed by atoms with van der Waals surface area (Å²) in [6.07, 6.45) is 10.5. The number of carbonyl (C=O) groups is 8. The lowest BCUT2D eigenvalue weighted by molar-refractivity contribution is -0.147. The van der Waals surface area contributed by atoms with Gasteiger partial charge in [-0.25, -0.2) is 0 Å². The first kappa shape index (κ1) is 60.3. The van der Waals surface area contributed by atoms with E-state index in [4.69, 9.17) is 12.8 Å². The van der Waals surface area contributed by atoms with Gasteiger partial charge in [0.1, 0.15) is 24.2 Å². The largest absolute Gasteiger partial charge is 0.380 e. The molecule has 2 saturated heterocycles. The highest BCUT2D eigenvalue weighted by molar-refractivity contribution is 5.96. The number of rotatable bonds is 19. The van der Waals surface area contributed by atoms with Crippen LogP contribution in [0.2, 0.25) is 0 Å². The predicted octanol–water partition coefficient (Wildman–Crippen LogP) is -0.657. The Morgan fingerprint density at radius 1 is 0.595 bits per heavy atom. The van der Waals surface area contributed by atoms with Crippen LogP contribution in [0, 0.1) is 24.7 Å². The molecule has 2 fully saturated rings. The molecule has 74 heavy (non-hydrogen) atoms. The molecule has 0 unspecified atom stereocenters. The third-order valence-electron chi connectivity index (χ3n) is 14.2. The Bertz CT molecular complexity index is 2290. The third-order valence-corrected chi connectivity index (χ3v) is 14.2. The summed E-state index contributed by atoms with van der Waals surface area (Å²) in [6, 6.07) is 6.65. The minimum absolute atomic E-state index is 0. The number of aliphatic hydroxyl groups excluding tert-OH is 2. The van der Waals surface area contributed by atoms with Gasteiger partial charge in [-0.3, -0.25) is 38.4 Å². The van der Waals surface area contributed by atoms with Crippen molar-refractivity contribution in [1.29, 1.82) is 0 Å². The SMILES string of the molecule is C#CC[C@H](NC(=O)[C@H](C)NC)C(=O)N1C[C@@H](NC(=O)[C@H](O)[C@@H](O)C(=O)N[C@H]2C[C@@H](C(=O)N[C@@H]3CCCc4ccccc43)N(C(=O)[C@H](CC#C)NC(=O)[C@H](C)NC)C2)C[C@H]1C(=O)N[C@@H]1CCCc2ccccc21.Cl.Cl. The summed E-state index contributed by atoms with van der Waals surface area (Å²) in [7, 11) is 3.14. The molecule has 4 aliphatic rings. The van der Waals surface area contributed by atoms with Crippen LogP contribution in [0.15, 0.2) is 48.5 Å². The lowest BCUT2D eigenvalue weighted by Gasteiger charge is -2.31. The first-order chi connectivity index (χ1) is 34.5. The molecule has 402 valence electrons. The zero-order valence-corrected chi connectivity index (χ0v) is 43.7. The molecule has 2 heterocycles. The number of benzene rings is 2. The number of nitrogens with zero attached hydrogens (tertiary/aromatic N) is 2. The number of amides is 8. The lowest BCUT2D eigenvalue weighted by atomic mass is 9.87. The van der Waals surface area contributed by atoms with E-state index < -0.39 is 108 Å². The van der Waals surface area contributed by atoms with Crippen LogP contribution in [0.1, 0.15) is 99.6 Å². The fourth-order valence-electron chi connectivity index (χ4n) is 9.96. The van der Waals surface area contributed by atoms with Crippen LogP contribution in [0.5, 0.6) is 0 Å². The van der Waals surface area contributed by atoms with Gasteiger partial charge in [0.15, 0.2) is 12.2 Å². The Hall–Kier alpha value is -6.26. The first-order valence-electron chi connectivity index (χ1n) is 24.7. The second-order valence-electron chi connectivity index (χ2n) is 19.0. The van der Waals surface area contributed by atoms with Crippen molar-refractivity contribution in [2.24, 2.45) is 0 Å². The van der Waals surface area contributed by atoms with E-state index in [0.29, 0.717) is 12.8 Å². The van der Waals surface area contributed by atoms with Crippen LogP contribution >= 0.6 is 24.8 Å².